The van der Waals surface area contributed by atoms with E-state index in [-0.39, 0.29) is 17.7 Å². The number of aliphatic carboxylic acids is 1. The molecule has 1 heterocycles. The fraction of sp³-hybridized carbons (Fsp3) is 0.643. The highest BCUT2D eigenvalue weighted by atomic mass is 16.5. The largest absolute Gasteiger partial charge is 0.481 e. The van der Waals surface area contributed by atoms with Gasteiger partial charge in [-0.05, 0) is 26.2 Å². The Morgan fingerprint density at radius 2 is 2.15 bits per heavy atom. The van der Waals surface area contributed by atoms with E-state index in [0.717, 1.165) is 12.8 Å². The maximum Gasteiger partial charge on any atom is 0.306 e. The first kappa shape index (κ1) is 14.6. The van der Waals surface area contributed by atoms with Crippen molar-refractivity contribution in [2.45, 2.75) is 39.2 Å². The van der Waals surface area contributed by atoms with Crippen molar-refractivity contribution < 1.29 is 19.2 Å². The number of aromatic nitrogens is 1. The van der Waals surface area contributed by atoms with Crippen molar-refractivity contribution in [3.05, 3.63) is 17.5 Å². The number of hydrogen-bond acceptors (Lipinski definition) is 4. The second kappa shape index (κ2) is 6.07. The molecule has 20 heavy (non-hydrogen) atoms. The van der Waals surface area contributed by atoms with Crippen LogP contribution in [0.1, 0.15) is 37.1 Å². The van der Waals surface area contributed by atoms with E-state index < -0.39 is 5.97 Å². The molecule has 1 amide bonds. The lowest BCUT2D eigenvalue weighted by atomic mass is 9.81. The zero-order chi connectivity index (χ0) is 14.7. The molecule has 6 nitrogen and oxygen atoms in total. The first-order chi connectivity index (χ1) is 9.47. The molecule has 0 aromatic carbocycles. The fourth-order valence-corrected chi connectivity index (χ4v) is 2.76. The highest BCUT2D eigenvalue weighted by Crippen LogP contribution is 2.30. The molecule has 0 radical (unpaired) electrons. The molecule has 0 saturated heterocycles. The summed E-state index contributed by atoms with van der Waals surface area (Å²) in [6.45, 7) is 2.20. The molecule has 1 aromatic rings. The minimum Gasteiger partial charge on any atom is -0.481 e. The smallest absolute Gasteiger partial charge is 0.306 e. The molecule has 0 spiro atoms. The van der Waals surface area contributed by atoms with Crippen LogP contribution in [0, 0.1) is 18.8 Å². The van der Waals surface area contributed by atoms with Gasteiger partial charge in [-0.2, -0.15) is 0 Å². The Labute approximate surface area is 117 Å². The van der Waals surface area contributed by atoms with Crippen LogP contribution in [0.4, 0.5) is 0 Å². The standard InChI is InChI=1S/C14H20N2O4/c1-9-6-12(15-20-9)8-16(2)13(17)10-4-3-5-11(7-10)14(18)19/h6,10-11H,3-5,7-8H2,1-2H3,(H,18,19). The van der Waals surface area contributed by atoms with E-state index in [0.29, 0.717) is 30.8 Å². The van der Waals surface area contributed by atoms with Crippen molar-refractivity contribution in [2.75, 3.05) is 7.05 Å². The topological polar surface area (TPSA) is 83.6 Å². The summed E-state index contributed by atoms with van der Waals surface area (Å²) < 4.78 is 4.97. The first-order valence-corrected chi connectivity index (χ1v) is 6.87. The lowest BCUT2D eigenvalue weighted by Crippen LogP contribution is -2.36. The molecule has 2 unspecified atom stereocenters. The quantitative estimate of drug-likeness (QED) is 0.909. The van der Waals surface area contributed by atoms with Crippen LogP contribution in [0.15, 0.2) is 10.6 Å². The molecule has 0 bridgehead atoms. The van der Waals surface area contributed by atoms with Gasteiger partial charge in [0.25, 0.3) is 0 Å². The normalized spacial score (nSPS) is 22.5. The minimum atomic E-state index is -0.794. The molecule has 1 aromatic heterocycles. The number of carbonyl (C=O) groups excluding carboxylic acids is 1. The van der Waals surface area contributed by atoms with Crippen LogP contribution in [0.5, 0.6) is 0 Å². The molecule has 2 atom stereocenters. The second-order valence-corrected chi connectivity index (χ2v) is 5.52. The van der Waals surface area contributed by atoms with Gasteiger partial charge in [0, 0.05) is 19.0 Å². The third kappa shape index (κ3) is 3.37. The molecule has 1 aliphatic rings. The van der Waals surface area contributed by atoms with E-state index in [1.807, 2.05) is 0 Å². The second-order valence-electron chi connectivity index (χ2n) is 5.52. The zero-order valence-corrected chi connectivity index (χ0v) is 11.8. The predicted octanol–water partition coefficient (Wildman–Crippen LogP) is 1.83. The predicted molar refractivity (Wildman–Crippen MR) is 70.8 cm³/mol. The van der Waals surface area contributed by atoms with Gasteiger partial charge in [-0.1, -0.05) is 11.6 Å². The molecule has 1 saturated carbocycles. The van der Waals surface area contributed by atoms with Crippen LogP contribution in [0.25, 0.3) is 0 Å². The Morgan fingerprint density at radius 3 is 2.75 bits per heavy atom. The van der Waals surface area contributed by atoms with Gasteiger partial charge < -0.3 is 14.5 Å². The number of nitrogens with zero attached hydrogens (tertiary/aromatic N) is 2. The van der Waals surface area contributed by atoms with Gasteiger partial charge in [-0.15, -0.1) is 0 Å². The Hall–Kier alpha value is -1.85. The summed E-state index contributed by atoms with van der Waals surface area (Å²) in [5, 5.41) is 12.9. The number of aryl methyl sites for hydroxylation is 1. The van der Waals surface area contributed by atoms with Gasteiger partial charge in [-0.25, -0.2) is 0 Å². The summed E-state index contributed by atoms with van der Waals surface area (Å²) in [4.78, 5) is 25.0. The van der Waals surface area contributed by atoms with Gasteiger partial charge in [0.2, 0.25) is 5.91 Å². The third-order valence-electron chi connectivity index (χ3n) is 3.82. The summed E-state index contributed by atoms with van der Waals surface area (Å²) in [5.74, 6) is -0.665. The molecule has 110 valence electrons. The van der Waals surface area contributed by atoms with E-state index in [4.69, 9.17) is 9.63 Å². The monoisotopic (exact) mass is 280 g/mol. The molecule has 1 fully saturated rings. The Kier molecular flexibility index (Phi) is 4.42. The van der Waals surface area contributed by atoms with Crippen molar-refractivity contribution in [3.63, 3.8) is 0 Å². The van der Waals surface area contributed by atoms with E-state index >= 15 is 0 Å². The van der Waals surface area contributed by atoms with E-state index in [1.54, 1.807) is 24.9 Å². The summed E-state index contributed by atoms with van der Waals surface area (Å²) in [7, 11) is 1.72. The van der Waals surface area contributed by atoms with Gasteiger partial charge in [0.15, 0.2) is 0 Å². The van der Waals surface area contributed by atoms with Gasteiger partial charge in [0.05, 0.1) is 12.5 Å². The lowest BCUT2D eigenvalue weighted by molar-refractivity contribution is -0.145. The Morgan fingerprint density at radius 1 is 1.45 bits per heavy atom. The maximum atomic E-state index is 12.4. The number of carbonyl (C=O) groups is 2. The molecule has 6 heteroatoms. The number of amides is 1. The zero-order valence-electron chi connectivity index (χ0n) is 11.8. The van der Waals surface area contributed by atoms with Crippen LogP contribution in [-0.2, 0) is 16.1 Å². The summed E-state index contributed by atoms with van der Waals surface area (Å²) in [6.07, 6.45) is 2.68. The van der Waals surface area contributed by atoms with Crippen molar-refractivity contribution in [1.82, 2.24) is 10.1 Å². The third-order valence-corrected chi connectivity index (χ3v) is 3.82. The molecule has 1 aliphatic carbocycles. The summed E-state index contributed by atoms with van der Waals surface area (Å²) >= 11 is 0. The molecular formula is C14H20N2O4. The lowest BCUT2D eigenvalue weighted by Gasteiger charge is -2.29. The SMILES string of the molecule is Cc1cc(CN(C)C(=O)C2CCCC(C(=O)O)C2)no1. The Balaban J connectivity index is 1.94. The van der Waals surface area contributed by atoms with Crippen molar-refractivity contribution in [3.8, 4) is 0 Å². The van der Waals surface area contributed by atoms with Crippen molar-refractivity contribution >= 4 is 11.9 Å². The molecule has 0 aliphatic heterocycles. The fourth-order valence-electron chi connectivity index (χ4n) is 2.76. The van der Waals surface area contributed by atoms with Crippen molar-refractivity contribution in [1.29, 1.82) is 0 Å². The number of carboxylic acids is 1. The van der Waals surface area contributed by atoms with Crippen LogP contribution in [0.2, 0.25) is 0 Å². The number of hydrogen-bond donors (Lipinski definition) is 1. The minimum absolute atomic E-state index is 0.00315. The first-order valence-electron chi connectivity index (χ1n) is 6.87. The maximum absolute atomic E-state index is 12.4. The highest BCUT2D eigenvalue weighted by Gasteiger charge is 2.32. The van der Waals surface area contributed by atoms with E-state index in [9.17, 15) is 9.59 Å². The summed E-state index contributed by atoms with van der Waals surface area (Å²) in [5.41, 5.74) is 0.712. The number of carboxylic acid groups (broad SMARTS) is 1. The average molecular weight is 280 g/mol. The molecular weight excluding hydrogens is 260 g/mol. The van der Waals surface area contributed by atoms with Gasteiger partial charge in [-0.3, -0.25) is 9.59 Å². The van der Waals surface area contributed by atoms with E-state index in [1.165, 1.54) is 0 Å². The van der Waals surface area contributed by atoms with Crippen molar-refractivity contribution in [2.24, 2.45) is 11.8 Å². The van der Waals surface area contributed by atoms with Gasteiger partial charge in [0.1, 0.15) is 11.5 Å². The Bertz CT molecular complexity index is 497. The van der Waals surface area contributed by atoms with E-state index in [2.05, 4.69) is 5.16 Å². The molecule has 1 N–H and O–H groups in total. The average Bonchev–Trinajstić information content (AvgIpc) is 2.83. The van der Waals surface area contributed by atoms with Gasteiger partial charge >= 0.3 is 5.97 Å². The van der Waals surface area contributed by atoms with Crippen LogP contribution < -0.4 is 0 Å². The number of rotatable bonds is 4. The highest BCUT2D eigenvalue weighted by molar-refractivity contribution is 5.80. The molecule has 2 rings (SSSR count). The summed E-state index contributed by atoms with van der Waals surface area (Å²) in [6, 6.07) is 1.80. The van der Waals surface area contributed by atoms with Crippen LogP contribution in [-0.4, -0.2) is 34.1 Å². The van der Waals surface area contributed by atoms with Crippen LogP contribution >= 0.6 is 0 Å². The van der Waals surface area contributed by atoms with Crippen LogP contribution in [0.3, 0.4) is 0 Å².